The number of rotatable bonds is 2. The number of hydrogen-bond donors (Lipinski definition) is 1. The lowest BCUT2D eigenvalue weighted by Crippen LogP contribution is -2.58. The number of thioether (sulfide) groups is 1. The lowest BCUT2D eigenvalue weighted by molar-refractivity contribution is -0.142. The summed E-state index contributed by atoms with van der Waals surface area (Å²) < 4.78 is 0.148. The molecule has 1 amide bonds. The fourth-order valence-electron chi connectivity index (χ4n) is 2.59. The predicted molar refractivity (Wildman–Crippen MR) is 76.2 cm³/mol. The molecule has 1 saturated heterocycles. The maximum absolute atomic E-state index is 12.6. The molecule has 17 heavy (non-hydrogen) atoms. The van der Waals surface area contributed by atoms with E-state index >= 15 is 0 Å². The predicted octanol–water partition coefficient (Wildman–Crippen LogP) is 1.80. The van der Waals surface area contributed by atoms with Gasteiger partial charge >= 0.3 is 0 Å². The molecule has 1 aliphatic heterocycles. The summed E-state index contributed by atoms with van der Waals surface area (Å²) in [6, 6.07) is 0. The van der Waals surface area contributed by atoms with Gasteiger partial charge in [0, 0.05) is 23.6 Å². The van der Waals surface area contributed by atoms with Gasteiger partial charge in [-0.1, -0.05) is 18.6 Å². The molecule has 1 heterocycles. The fourth-order valence-corrected chi connectivity index (χ4v) is 3.99. The highest BCUT2D eigenvalue weighted by molar-refractivity contribution is 8.00. The average Bonchev–Trinajstić information content (AvgIpc) is 2.13. The first kappa shape index (κ1) is 13.1. The smallest absolute Gasteiger partial charge is 0.235 e. The van der Waals surface area contributed by atoms with Crippen LogP contribution >= 0.6 is 24.0 Å². The van der Waals surface area contributed by atoms with Crippen LogP contribution in [0.1, 0.15) is 33.1 Å². The second-order valence-electron chi connectivity index (χ2n) is 5.63. The summed E-state index contributed by atoms with van der Waals surface area (Å²) in [6.07, 6.45) is 2.74. The van der Waals surface area contributed by atoms with E-state index in [4.69, 9.17) is 18.0 Å². The Bertz CT molecular complexity index is 350. The second-order valence-corrected chi connectivity index (χ2v) is 7.88. The molecule has 0 aromatic rings. The molecule has 0 unspecified atom stereocenters. The van der Waals surface area contributed by atoms with Crippen molar-refractivity contribution in [3.05, 3.63) is 0 Å². The molecule has 0 aromatic carbocycles. The lowest BCUT2D eigenvalue weighted by Gasteiger charge is -2.46. The van der Waals surface area contributed by atoms with E-state index in [0.29, 0.717) is 4.99 Å². The summed E-state index contributed by atoms with van der Waals surface area (Å²) in [7, 11) is 0. The molecule has 0 bridgehead atoms. The van der Waals surface area contributed by atoms with Gasteiger partial charge in [-0.3, -0.25) is 4.79 Å². The van der Waals surface area contributed by atoms with Gasteiger partial charge in [0.1, 0.15) is 0 Å². The van der Waals surface area contributed by atoms with Gasteiger partial charge in [0.25, 0.3) is 0 Å². The van der Waals surface area contributed by atoms with E-state index in [9.17, 15) is 4.79 Å². The number of amides is 1. The fraction of sp³-hybridized carbons (Fsp3) is 0.833. The average molecular weight is 272 g/mol. The lowest BCUT2D eigenvalue weighted by atomic mass is 9.67. The third kappa shape index (κ3) is 2.32. The SMILES string of the molecule is CC1(C)CN(C(=O)C2(C(N)=S)CCC2)CCS1. The molecule has 5 heteroatoms. The van der Waals surface area contributed by atoms with Gasteiger partial charge in [0.15, 0.2) is 0 Å². The molecule has 2 N–H and O–H groups in total. The summed E-state index contributed by atoms with van der Waals surface area (Å²) in [5.41, 5.74) is 5.28. The zero-order valence-corrected chi connectivity index (χ0v) is 12.1. The summed E-state index contributed by atoms with van der Waals surface area (Å²) in [4.78, 5) is 14.9. The van der Waals surface area contributed by atoms with Crippen molar-refractivity contribution in [2.75, 3.05) is 18.8 Å². The Hall–Kier alpha value is -0.290. The maximum Gasteiger partial charge on any atom is 0.235 e. The summed E-state index contributed by atoms with van der Waals surface area (Å²) in [6.45, 7) is 6.01. The highest BCUT2D eigenvalue weighted by atomic mass is 32.2. The molecule has 1 aliphatic carbocycles. The molecule has 1 saturated carbocycles. The minimum absolute atomic E-state index is 0.148. The van der Waals surface area contributed by atoms with Gasteiger partial charge in [0.05, 0.1) is 10.4 Å². The molecular weight excluding hydrogens is 252 g/mol. The van der Waals surface area contributed by atoms with Crippen molar-refractivity contribution in [1.29, 1.82) is 0 Å². The number of hydrogen-bond acceptors (Lipinski definition) is 3. The zero-order valence-electron chi connectivity index (χ0n) is 10.5. The van der Waals surface area contributed by atoms with Crippen LogP contribution in [0.3, 0.4) is 0 Å². The highest BCUT2D eigenvalue weighted by Crippen LogP contribution is 2.44. The second kappa shape index (κ2) is 4.43. The number of nitrogens with zero attached hydrogens (tertiary/aromatic N) is 1. The first-order valence-corrected chi connectivity index (χ1v) is 7.50. The Morgan fingerprint density at radius 3 is 2.47 bits per heavy atom. The number of carbonyl (C=O) groups excluding carboxylic acids is 1. The van der Waals surface area contributed by atoms with Gasteiger partial charge in [-0.05, 0) is 26.7 Å². The molecule has 0 radical (unpaired) electrons. The standard InChI is InChI=1S/C12H20N2OS2/c1-11(2)8-14(6-7-17-11)10(15)12(9(13)16)4-3-5-12/h3-8H2,1-2H3,(H2,13,16). The van der Waals surface area contributed by atoms with Gasteiger partial charge in [-0.2, -0.15) is 11.8 Å². The van der Waals surface area contributed by atoms with Gasteiger partial charge in [0.2, 0.25) is 5.91 Å². The third-order valence-corrected chi connectivity index (χ3v) is 5.49. The molecule has 2 fully saturated rings. The third-order valence-electron chi connectivity index (χ3n) is 3.80. The molecule has 0 atom stereocenters. The monoisotopic (exact) mass is 272 g/mol. The van der Waals surface area contributed by atoms with Crippen LogP contribution in [-0.4, -0.2) is 39.4 Å². The normalized spacial score (nSPS) is 26.1. The van der Waals surface area contributed by atoms with Crippen molar-refractivity contribution in [3.63, 3.8) is 0 Å². The van der Waals surface area contributed by atoms with E-state index in [1.165, 1.54) is 0 Å². The molecule has 3 nitrogen and oxygen atoms in total. The number of nitrogens with two attached hydrogens (primary N) is 1. The summed E-state index contributed by atoms with van der Waals surface area (Å²) in [5.74, 6) is 1.18. The van der Waals surface area contributed by atoms with Crippen LogP contribution in [0.4, 0.5) is 0 Å². The zero-order chi connectivity index (χ0) is 12.7. The Morgan fingerprint density at radius 1 is 1.41 bits per heavy atom. The largest absolute Gasteiger partial charge is 0.392 e. The van der Waals surface area contributed by atoms with Crippen LogP contribution in [0.5, 0.6) is 0 Å². The van der Waals surface area contributed by atoms with Gasteiger partial charge in [-0.15, -0.1) is 0 Å². The van der Waals surface area contributed by atoms with Crippen molar-refractivity contribution >= 4 is 34.9 Å². The van der Waals surface area contributed by atoms with Crippen LogP contribution in [-0.2, 0) is 4.79 Å². The van der Waals surface area contributed by atoms with Crippen LogP contribution in [0.15, 0.2) is 0 Å². The maximum atomic E-state index is 12.6. The molecule has 2 aliphatic rings. The van der Waals surface area contributed by atoms with Crippen LogP contribution in [0, 0.1) is 5.41 Å². The minimum Gasteiger partial charge on any atom is -0.392 e. The molecule has 96 valence electrons. The topological polar surface area (TPSA) is 46.3 Å². The Labute approximate surface area is 112 Å². The summed E-state index contributed by atoms with van der Waals surface area (Å²) >= 11 is 7.04. The van der Waals surface area contributed by atoms with E-state index in [-0.39, 0.29) is 10.7 Å². The quantitative estimate of drug-likeness (QED) is 0.779. The highest BCUT2D eigenvalue weighted by Gasteiger charge is 2.49. The van der Waals surface area contributed by atoms with E-state index in [1.54, 1.807) is 0 Å². The summed E-state index contributed by atoms with van der Waals surface area (Å²) in [5, 5.41) is 0. The van der Waals surface area contributed by atoms with Crippen molar-refractivity contribution in [2.45, 2.75) is 37.9 Å². The van der Waals surface area contributed by atoms with Crippen LogP contribution in [0.25, 0.3) is 0 Å². The first-order chi connectivity index (χ1) is 7.87. The molecule has 2 rings (SSSR count). The Morgan fingerprint density at radius 2 is 2.06 bits per heavy atom. The van der Waals surface area contributed by atoms with Crippen molar-refractivity contribution in [2.24, 2.45) is 11.1 Å². The van der Waals surface area contributed by atoms with E-state index in [2.05, 4.69) is 13.8 Å². The van der Waals surface area contributed by atoms with Gasteiger partial charge < -0.3 is 10.6 Å². The molecular formula is C12H20N2OS2. The van der Waals surface area contributed by atoms with Crippen LogP contribution in [0.2, 0.25) is 0 Å². The first-order valence-electron chi connectivity index (χ1n) is 6.11. The van der Waals surface area contributed by atoms with Gasteiger partial charge in [-0.25, -0.2) is 0 Å². The van der Waals surface area contributed by atoms with E-state index in [0.717, 1.165) is 38.1 Å². The van der Waals surface area contributed by atoms with E-state index in [1.807, 2.05) is 16.7 Å². The number of carbonyl (C=O) groups is 1. The molecule has 0 spiro atoms. The Balaban J connectivity index is 2.12. The van der Waals surface area contributed by atoms with E-state index < -0.39 is 5.41 Å². The Kier molecular flexibility index (Phi) is 3.42. The van der Waals surface area contributed by atoms with Crippen molar-refractivity contribution in [1.82, 2.24) is 4.90 Å². The number of thiocarbonyl (C=S) groups is 1. The van der Waals surface area contributed by atoms with Crippen molar-refractivity contribution in [3.8, 4) is 0 Å². The molecule has 0 aromatic heterocycles. The van der Waals surface area contributed by atoms with Crippen LogP contribution < -0.4 is 5.73 Å². The van der Waals surface area contributed by atoms with Crippen molar-refractivity contribution < 1.29 is 4.79 Å². The minimum atomic E-state index is -0.507.